The predicted octanol–water partition coefficient (Wildman–Crippen LogP) is 5.72. The fraction of sp³-hybridized carbons (Fsp3) is 0.0769. The van der Waals surface area contributed by atoms with Crippen molar-refractivity contribution in [3.05, 3.63) is 95.8 Å². The van der Waals surface area contributed by atoms with Gasteiger partial charge in [0.1, 0.15) is 11.5 Å². The molecule has 1 aliphatic rings. The van der Waals surface area contributed by atoms with E-state index in [0.717, 1.165) is 35.2 Å². The summed E-state index contributed by atoms with van der Waals surface area (Å²) in [4.78, 5) is 12.3. The maximum absolute atomic E-state index is 12.3. The number of hydrogen-bond donors (Lipinski definition) is 2. The van der Waals surface area contributed by atoms with Crippen LogP contribution in [-0.4, -0.2) is 11.0 Å². The van der Waals surface area contributed by atoms with E-state index in [1.165, 1.54) is 22.6 Å². The first kappa shape index (κ1) is 19.3. The van der Waals surface area contributed by atoms with Gasteiger partial charge in [-0.3, -0.25) is 10.1 Å². The molecule has 4 nitrogen and oxygen atoms in total. The summed E-state index contributed by atoms with van der Waals surface area (Å²) in [6.07, 6.45) is 5.18. The van der Waals surface area contributed by atoms with E-state index in [0.29, 0.717) is 5.76 Å². The molecule has 2 N–H and O–H groups in total. The number of thiocarbonyl (C=S) groups is 1. The molecule has 0 spiro atoms. The number of anilines is 1. The Kier molecular flexibility index (Phi) is 5.10. The molecule has 0 radical (unpaired) electrons. The summed E-state index contributed by atoms with van der Waals surface area (Å²) >= 11 is 5.36. The normalized spacial score (nSPS) is 12.4. The van der Waals surface area contributed by atoms with Crippen LogP contribution in [0, 0.1) is 0 Å². The topological polar surface area (TPSA) is 54.3 Å². The van der Waals surface area contributed by atoms with Crippen LogP contribution in [0.3, 0.4) is 0 Å². The Morgan fingerprint density at radius 3 is 2.55 bits per heavy atom. The van der Waals surface area contributed by atoms with Gasteiger partial charge in [-0.25, -0.2) is 0 Å². The number of amides is 1. The van der Waals surface area contributed by atoms with Crippen LogP contribution in [0.2, 0.25) is 0 Å². The summed E-state index contributed by atoms with van der Waals surface area (Å²) in [6, 6.07) is 24.0. The number of carbonyl (C=O) groups excluding carboxylic acids is 1. The molecule has 0 bridgehead atoms. The maximum atomic E-state index is 12.3. The van der Waals surface area contributed by atoms with Crippen molar-refractivity contribution in [2.75, 3.05) is 5.32 Å². The van der Waals surface area contributed by atoms with Crippen LogP contribution >= 0.6 is 12.2 Å². The SMILES string of the molecule is O=C(/C=C/c1ccc(-c2ccccc2)o1)NC(=S)Nc1ccc2c3c(cccc13)CC2. The lowest BCUT2D eigenvalue weighted by atomic mass is 10.0. The molecule has 1 aromatic heterocycles. The molecule has 3 aromatic carbocycles. The van der Waals surface area contributed by atoms with Gasteiger partial charge in [0.25, 0.3) is 0 Å². The van der Waals surface area contributed by atoms with E-state index in [2.05, 4.69) is 34.9 Å². The highest BCUT2D eigenvalue weighted by Gasteiger charge is 2.16. The second-order valence-electron chi connectivity index (χ2n) is 7.46. The Hall–Kier alpha value is -3.70. The smallest absolute Gasteiger partial charge is 0.250 e. The minimum absolute atomic E-state index is 0.262. The Labute approximate surface area is 185 Å². The van der Waals surface area contributed by atoms with Crippen LogP contribution < -0.4 is 10.6 Å². The molecule has 31 heavy (non-hydrogen) atoms. The number of furan rings is 1. The first-order chi connectivity index (χ1) is 15.2. The Balaban J connectivity index is 1.24. The number of aryl methyl sites for hydroxylation is 2. The molecule has 0 atom stereocenters. The quantitative estimate of drug-likeness (QED) is 0.325. The third-order valence-electron chi connectivity index (χ3n) is 5.45. The minimum atomic E-state index is -0.318. The lowest BCUT2D eigenvalue weighted by Crippen LogP contribution is -2.32. The van der Waals surface area contributed by atoms with Crippen LogP contribution in [-0.2, 0) is 17.6 Å². The van der Waals surface area contributed by atoms with Crippen molar-refractivity contribution in [2.24, 2.45) is 0 Å². The molecular formula is C26H20N2O2S. The van der Waals surface area contributed by atoms with E-state index in [1.54, 1.807) is 6.08 Å². The lowest BCUT2D eigenvalue weighted by molar-refractivity contribution is -0.115. The van der Waals surface area contributed by atoms with E-state index in [1.807, 2.05) is 48.5 Å². The van der Waals surface area contributed by atoms with Crippen LogP contribution in [0.4, 0.5) is 5.69 Å². The van der Waals surface area contributed by atoms with Crippen molar-refractivity contribution < 1.29 is 9.21 Å². The molecule has 152 valence electrons. The zero-order chi connectivity index (χ0) is 21.2. The fourth-order valence-corrected chi connectivity index (χ4v) is 4.23. The number of hydrogen-bond acceptors (Lipinski definition) is 3. The predicted molar refractivity (Wildman–Crippen MR) is 129 cm³/mol. The molecule has 1 amide bonds. The molecule has 0 fully saturated rings. The molecule has 0 aliphatic heterocycles. The summed E-state index contributed by atoms with van der Waals surface area (Å²) in [5, 5.41) is 8.55. The van der Waals surface area contributed by atoms with Gasteiger partial charge in [0, 0.05) is 22.7 Å². The lowest BCUT2D eigenvalue weighted by Gasteiger charge is -2.12. The zero-order valence-corrected chi connectivity index (χ0v) is 17.5. The van der Waals surface area contributed by atoms with Crippen LogP contribution in [0.15, 0.2) is 83.3 Å². The molecule has 0 unspecified atom stereocenters. The molecule has 1 aliphatic carbocycles. The average Bonchev–Trinajstić information content (AvgIpc) is 3.43. The van der Waals surface area contributed by atoms with Crippen LogP contribution in [0.5, 0.6) is 0 Å². The molecule has 5 heteroatoms. The second kappa shape index (κ2) is 8.20. The zero-order valence-electron chi connectivity index (χ0n) is 16.7. The monoisotopic (exact) mass is 424 g/mol. The summed E-state index contributed by atoms with van der Waals surface area (Å²) in [5.41, 5.74) is 4.61. The van der Waals surface area contributed by atoms with Gasteiger partial charge in [-0.1, -0.05) is 54.6 Å². The average molecular weight is 425 g/mol. The molecule has 0 saturated heterocycles. The van der Waals surface area contributed by atoms with Gasteiger partial charge in [-0.15, -0.1) is 0 Å². The van der Waals surface area contributed by atoms with E-state index in [4.69, 9.17) is 16.6 Å². The van der Waals surface area contributed by atoms with Crippen LogP contribution in [0.1, 0.15) is 16.9 Å². The Morgan fingerprint density at radius 1 is 0.903 bits per heavy atom. The molecule has 0 saturated carbocycles. The molecular weight excluding hydrogens is 404 g/mol. The number of benzene rings is 3. The van der Waals surface area contributed by atoms with E-state index in [-0.39, 0.29) is 11.0 Å². The number of rotatable bonds is 4. The first-order valence-electron chi connectivity index (χ1n) is 10.2. The largest absolute Gasteiger partial charge is 0.457 e. The maximum Gasteiger partial charge on any atom is 0.250 e. The third kappa shape index (κ3) is 4.00. The van der Waals surface area contributed by atoms with Gasteiger partial charge in [0.05, 0.1) is 0 Å². The van der Waals surface area contributed by atoms with Gasteiger partial charge in [-0.05, 0) is 65.8 Å². The second-order valence-corrected chi connectivity index (χ2v) is 7.86. The van der Waals surface area contributed by atoms with Crippen molar-refractivity contribution >= 4 is 45.8 Å². The van der Waals surface area contributed by atoms with Crippen molar-refractivity contribution in [1.82, 2.24) is 5.32 Å². The minimum Gasteiger partial charge on any atom is -0.457 e. The summed E-state index contributed by atoms with van der Waals surface area (Å²) < 4.78 is 5.78. The van der Waals surface area contributed by atoms with Gasteiger partial charge >= 0.3 is 0 Å². The van der Waals surface area contributed by atoms with Gasteiger partial charge in [-0.2, -0.15) is 0 Å². The van der Waals surface area contributed by atoms with E-state index >= 15 is 0 Å². The van der Waals surface area contributed by atoms with Crippen LogP contribution in [0.25, 0.3) is 28.2 Å². The number of nitrogens with one attached hydrogen (secondary N) is 2. The summed E-state index contributed by atoms with van der Waals surface area (Å²) in [7, 11) is 0. The highest BCUT2D eigenvalue weighted by molar-refractivity contribution is 7.80. The molecule has 1 heterocycles. The molecule has 4 aromatic rings. The van der Waals surface area contributed by atoms with Crippen molar-refractivity contribution in [1.29, 1.82) is 0 Å². The highest BCUT2D eigenvalue weighted by Crippen LogP contribution is 2.34. The van der Waals surface area contributed by atoms with Gasteiger partial charge in [0.15, 0.2) is 5.11 Å². The van der Waals surface area contributed by atoms with E-state index < -0.39 is 0 Å². The third-order valence-corrected chi connectivity index (χ3v) is 5.65. The molecule has 5 rings (SSSR count). The van der Waals surface area contributed by atoms with Crippen molar-refractivity contribution in [3.63, 3.8) is 0 Å². The van der Waals surface area contributed by atoms with Gasteiger partial charge in [0.2, 0.25) is 5.91 Å². The van der Waals surface area contributed by atoms with E-state index in [9.17, 15) is 4.79 Å². The number of carbonyl (C=O) groups is 1. The van der Waals surface area contributed by atoms with Crippen molar-refractivity contribution in [3.8, 4) is 11.3 Å². The first-order valence-corrected chi connectivity index (χ1v) is 10.6. The Bertz CT molecular complexity index is 1310. The highest BCUT2D eigenvalue weighted by atomic mass is 32.1. The van der Waals surface area contributed by atoms with Gasteiger partial charge < -0.3 is 9.73 Å². The fourth-order valence-electron chi connectivity index (χ4n) is 4.02. The summed E-state index contributed by atoms with van der Waals surface area (Å²) in [5.74, 6) is 1.03. The Morgan fingerprint density at radius 2 is 1.71 bits per heavy atom. The standard InChI is InChI=1S/C26H20N2O2S/c29-24(16-13-20-12-15-23(30-20)17-5-2-1-3-6-17)28-26(31)27-22-14-11-19-10-9-18-7-4-8-21(22)25(18)19/h1-8,11-16H,9-10H2,(H2,27,28,29,31)/b16-13+. The van der Waals surface area contributed by atoms with Crippen molar-refractivity contribution in [2.45, 2.75) is 12.8 Å². The summed E-state index contributed by atoms with van der Waals surface area (Å²) in [6.45, 7) is 0.